The molecule has 3 rings (SSSR count). The molecule has 6 heteroatoms. The largest absolute Gasteiger partial charge is 0.478 e. The number of benzene rings is 1. The second-order valence-electron chi connectivity index (χ2n) is 5.47. The van der Waals surface area contributed by atoms with Gasteiger partial charge in [-0.05, 0) is 29.3 Å². The van der Waals surface area contributed by atoms with E-state index in [1.54, 1.807) is 0 Å². The smallest absolute Gasteiger partial charge is 0.336 e. The molecule has 0 saturated heterocycles. The van der Waals surface area contributed by atoms with Crippen LogP contribution >= 0.6 is 0 Å². The van der Waals surface area contributed by atoms with Crippen LogP contribution in [0.5, 0.6) is 0 Å². The second kappa shape index (κ2) is 6.98. The highest BCUT2D eigenvalue weighted by Gasteiger charge is 2.21. The predicted molar refractivity (Wildman–Crippen MR) is 96.0 cm³/mol. The molecule has 0 spiro atoms. The maximum absolute atomic E-state index is 11.7. The van der Waals surface area contributed by atoms with Crippen molar-refractivity contribution in [1.29, 1.82) is 0 Å². The third-order valence-electron chi connectivity index (χ3n) is 3.85. The van der Waals surface area contributed by atoms with E-state index < -0.39 is 11.9 Å². The van der Waals surface area contributed by atoms with Crippen molar-refractivity contribution in [3.8, 4) is 11.4 Å². The minimum Gasteiger partial charge on any atom is -0.478 e. The van der Waals surface area contributed by atoms with Crippen molar-refractivity contribution in [3.05, 3.63) is 89.8 Å². The van der Waals surface area contributed by atoms with Crippen LogP contribution in [0.2, 0.25) is 0 Å². The van der Waals surface area contributed by atoms with Crippen LogP contribution in [0.15, 0.2) is 67.5 Å². The van der Waals surface area contributed by atoms with Crippen molar-refractivity contribution in [2.75, 3.05) is 0 Å². The van der Waals surface area contributed by atoms with Crippen LogP contribution in [0.25, 0.3) is 17.0 Å². The fourth-order valence-corrected chi connectivity index (χ4v) is 2.62. The molecule has 128 valence electrons. The lowest BCUT2D eigenvalue weighted by molar-refractivity contribution is 0.0685. The molecule has 2 aromatic heterocycles. The zero-order valence-corrected chi connectivity index (χ0v) is 13.6. The first-order chi connectivity index (χ1) is 12.5. The summed E-state index contributed by atoms with van der Waals surface area (Å²) in [6.07, 6.45) is 2.71. The normalized spacial score (nSPS) is 10.3. The molecular weight excluding hydrogens is 332 g/mol. The van der Waals surface area contributed by atoms with Gasteiger partial charge >= 0.3 is 11.9 Å². The number of nitrogens with zero attached hydrogens (tertiary/aromatic N) is 2. The van der Waals surface area contributed by atoms with Gasteiger partial charge in [0, 0.05) is 18.0 Å². The number of carbonyl (C=O) groups is 2. The minimum absolute atomic E-state index is 0.0198. The van der Waals surface area contributed by atoms with Gasteiger partial charge < -0.3 is 10.2 Å². The van der Waals surface area contributed by atoms with Gasteiger partial charge in [0.05, 0.1) is 22.5 Å². The van der Waals surface area contributed by atoms with E-state index in [2.05, 4.69) is 16.5 Å². The standard InChI is InChI=1S/C20H14N2O4/c1-12(13-5-3-2-4-6-13)17-15(20(25)26)8-10-22-18(17)16-11-14(19(23)24)7-9-21-16/h2-11H,1H2,(H,23,24)(H,25,26). The average molecular weight is 346 g/mol. The molecule has 0 amide bonds. The van der Waals surface area contributed by atoms with Crippen LogP contribution in [0, 0.1) is 0 Å². The lowest BCUT2D eigenvalue weighted by Gasteiger charge is -2.14. The molecule has 0 aliphatic carbocycles. The zero-order valence-electron chi connectivity index (χ0n) is 13.6. The Labute approximate surface area is 149 Å². The van der Waals surface area contributed by atoms with Crippen molar-refractivity contribution in [3.63, 3.8) is 0 Å². The summed E-state index contributed by atoms with van der Waals surface area (Å²) in [5, 5.41) is 18.8. The van der Waals surface area contributed by atoms with Crippen molar-refractivity contribution < 1.29 is 19.8 Å². The number of carboxylic acid groups (broad SMARTS) is 2. The van der Waals surface area contributed by atoms with Crippen molar-refractivity contribution in [2.45, 2.75) is 0 Å². The molecule has 0 aliphatic heterocycles. The molecule has 3 aromatic rings. The Balaban J connectivity index is 2.25. The van der Waals surface area contributed by atoms with Gasteiger partial charge in [0.25, 0.3) is 0 Å². The van der Waals surface area contributed by atoms with E-state index >= 15 is 0 Å². The van der Waals surface area contributed by atoms with E-state index in [4.69, 9.17) is 0 Å². The number of carboxylic acids is 2. The number of aromatic carboxylic acids is 2. The Morgan fingerprint density at radius 2 is 1.54 bits per heavy atom. The Kier molecular flexibility index (Phi) is 4.57. The monoisotopic (exact) mass is 346 g/mol. The summed E-state index contributed by atoms with van der Waals surface area (Å²) in [4.78, 5) is 31.4. The summed E-state index contributed by atoms with van der Waals surface area (Å²) in [5.74, 6) is -2.23. The van der Waals surface area contributed by atoms with Gasteiger partial charge in [0.15, 0.2) is 0 Å². The third-order valence-corrected chi connectivity index (χ3v) is 3.85. The molecule has 0 atom stereocenters. The number of aromatic nitrogens is 2. The molecular formula is C20H14N2O4. The number of pyridine rings is 2. The average Bonchev–Trinajstić information content (AvgIpc) is 2.67. The lowest BCUT2D eigenvalue weighted by atomic mass is 9.92. The summed E-state index contributed by atoms with van der Waals surface area (Å²) >= 11 is 0. The van der Waals surface area contributed by atoms with Crippen molar-refractivity contribution in [1.82, 2.24) is 9.97 Å². The van der Waals surface area contributed by atoms with Crippen LogP contribution in [-0.2, 0) is 0 Å². The van der Waals surface area contributed by atoms with E-state index in [1.165, 1.54) is 30.6 Å². The van der Waals surface area contributed by atoms with Gasteiger partial charge in [-0.15, -0.1) is 0 Å². The van der Waals surface area contributed by atoms with Gasteiger partial charge in [0.2, 0.25) is 0 Å². The van der Waals surface area contributed by atoms with Crippen molar-refractivity contribution >= 4 is 17.5 Å². The summed E-state index contributed by atoms with van der Waals surface area (Å²) in [6.45, 7) is 4.03. The van der Waals surface area contributed by atoms with E-state index in [9.17, 15) is 19.8 Å². The number of hydrogen-bond donors (Lipinski definition) is 2. The van der Waals surface area contributed by atoms with Gasteiger partial charge in [-0.3, -0.25) is 9.97 Å². The molecule has 0 aliphatic rings. The fourth-order valence-electron chi connectivity index (χ4n) is 2.62. The highest BCUT2D eigenvalue weighted by molar-refractivity contribution is 6.00. The van der Waals surface area contributed by atoms with Gasteiger partial charge in [-0.2, -0.15) is 0 Å². The molecule has 0 radical (unpaired) electrons. The Hall–Kier alpha value is -3.80. The van der Waals surface area contributed by atoms with E-state index in [1.807, 2.05) is 30.3 Å². The number of rotatable bonds is 5. The molecule has 0 unspecified atom stereocenters. The summed E-state index contributed by atoms with van der Waals surface area (Å²) < 4.78 is 0. The van der Waals surface area contributed by atoms with Crippen LogP contribution in [0.1, 0.15) is 31.8 Å². The second-order valence-corrected chi connectivity index (χ2v) is 5.47. The predicted octanol–water partition coefficient (Wildman–Crippen LogP) is 3.60. The Morgan fingerprint density at radius 1 is 0.846 bits per heavy atom. The molecule has 0 bridgehead atoms. The summed E-state index contributed by atoms with van der Waals surface area (Å²) in [7, 11) is 0. The SMILES string of the molecule is C=C(c1ccccc1)c1c(C(=O)O)ccnc1-c1cc(C(=O)O)ccn1. The maximum atomic E-state index is 11.7. The highest BCUT2D eigenvalue weighted by Crippen LogP contribution is 2.32. The maximum Gasteiger partial charge on any atom is 0.336 e. The van der Waals surface area contributed by atoms with E-state index in [0.717, 1.165) is 5.56 Å². The van der Waals surface area contributed by atoms with E-state index in [-0.39, 0.29) is 22.5 Å². The minimum atomic E-state index is -1.13. The lowest BCUT2D eigenvalue weighted by Crippen LogP contribution is -2.07. The Bertz CT molecular complexity index is 1010. The first-order valence-corrected chi connectivity index (χ1v) is 7.65. The molecule has 1 aromatic carbocycles. The van der Waals surface area contributed by atoms with Crippen molar-refractivity contribution in [2.24, 2.45) is 0 Å². The number of hydrogen-bond acceptors (Lipinski definition) is 4. The molecule has 2 N–H and O–H groups in total. The summed E-state index contributed by atoms with van der Waals surface area (Å²) in [5.41, 5.74) is 2.09. The Morgan fingerprint density at radius 3 is 2.19 bits per heavy atom. The van der Waals surface area contributed by atoms with Crippen LogP contribution in [0.4, 0.5) is 0 Å². The first kappa shape index (κ1) is 17.0. The quantitative estimate of drug-likeness (QED) is 0.732. The molecule has 0 fully saturated rings. The fraction of sp³-hybridized carbons (Fsp3) is 0. The van der Waals surface area contributed by atoms with Crippen LogP contribution in [0.3, 0.4) is 0 Å². The molecule has 2 heterocycles. The highest BCUT2D eigenvalue weighted by atomic mass is 16.4. The first-order valence-electron chi connectivity index (χ1n) is 7.65. The zero-order chi connectivity index (χ0) is 18.7. The third kappa shape index (κ3) is 3.21. The van der Waals surface area contributed by atoms with Crippen LogP contribution in [-0.4, -0.2) is 32.1 Å². The van der Waals surface area contributed by atoms with Gasteiger partial charge in [0.1, 0.15) is 0 Å². The van der Waals surface area contributed by atoms with Gasteiger partial charge in [-0.25, -0.2) is 9.59 Å². The molecule has 26 heavy (non-hydrogen) atoms. The molecule has 0 saturated carbocycles. The van der Waals surface area contributed by atoms with Crippen LogP contribution < -0.4 is 0 Å². The van der Waals surface area contributed by atoms with Gasteiger partial charge in [-0.1, -0.05) is 36.9 Å². The van der Waals surface area contributed by atoms with E-state index in [0.29, 0.717) is 11.1 Å². The topological polar surface area (TPSA) is 100 Å². The summed E-state index contributed by atoms with van der Waals surface area (Å²) in [6, 6.07) is 13.2. The molecule has 6 nitrogen and oxygen atoms in total.